The molecule has 2 aromatic carbocycles. The van der Waals surface area contributed by atoms with Gasteiger partial charge in [-0.05, 0) is 71.9 Å². The van der Waals surface area contributed by atoms with Crippen molar-refractivity contribution in [3.8, 4) is 0 Å². The summed E-state index contributed by atoms with van der Waals surface area (Å²) in [6.07, 6.45) is 3.73. The zero-order chi connectivity index (χ0) is 26.8. The SMILES string of the molecule is CCOC(=O)C1=C(C)N=c2s/c(=C/c3cc(Br)c(Sc4ccccc4)o3)c(=O)n2[C@H]1c1ccc(SC)cc1. The zero-order valence-electron chi connectivity index (χ0n) is 20.8. The van der Waals surface area contributed by atoms with Gasteiger partial charge >= 0.3 is 5.97 Å². The fraction of sp³-hybridized carbons (Fsp3) is 0.179. The van der Waals surface area contributed by atoms with E-state index in [4.69, 9.17) is 9.15 Å². The summed E-state index contributed by atoms with van der Waals surface area (Å²) >= 11 is 7.96. The standard InChI is InChI=1S/C28H23BrN2O4S3/c1-4-34-26(33)23-16(2)30-28-31(24(23)17-10-12-19(36-3)13-11-17)25(32)22(38-28)15-18-14-21(29)27(35-18)37-20-8-6-5-7-9-20/h5-15,24H,4H2,1-3H3/b22-15+/t24-/m0/s1. The monoisotopic (exact) mass is 626 g/mol. The van der Waals surface area contributed by atoms with Gasteiger partial charge in [-0.25, -0.2) is 9.79 Å². The summed E-state index contributed by atoms with van der Waals surface area (Å²) < 4.78 is 14.3. The number of allylic oxidation sites excluding steroid dienone is 1. The number of ether oxygens (including phenoxy) is 1. The lowest BCUT2D eigenvalue weighted by atomic mass is 9.96. The van der Waals surface area contributed by atoms with Crippen LogP contribution in [-0.2, 0) is 9.53 Å². The molecule has 38 heavy (non-hydrogen) atoms. The molecule has 0 unspecified atom stereocenters. The molecule has 0 radical (unpaired) electrons. The second-order valence-corrected chi connectivity index (χ2v) is 12.1. The molecule has 1 aliphatic rings. The van der Waals surface area contributed by atoms with E-state index in [1.54, 1.807) is 36.3 Å². The molecule has 4 aromatic rings. The van der Waals surface area contributed by atoms with E-state index < -0.39 is 12.0 Å². The highest BCUT2D eigenvalue weighted by Crippen LogP contribution is 2.36. The van der Waals surface area contributed by atoms with Gasteiger partial charge in [0.1, 0.15) is 5.76 Å². The minimum absolute atomic E-state index is 0.231. The molecule has 0 saturated heterocycles. The van der Waals surface area contributed by atoms with Crippen LogP contribution in [0.5, 0.6) is 0 Å². The predicted octanol–water partition coefficient (Wildman–Crippen LogP) is 6.03. The number of nitrogens with zero attached hydrogens (tertiary/aromatic N) is 2. The minimum Gasteiger partial charge on any atom is -0.463 e. The summed E-state index contributed by atoms with van der Waals surface area (Å²) in [6, 6.07) is 19.0. The van der Waals surface area contributed by atoms with Crippen LogP contribution in [0.2, 0.25) is 0 Å². The van der Waals surface area contributed by atoms with Gasteiger partial charge in [0, 0.05) is 15.9 Å². The number of carbonyl (C=O) groups excluding carboxylic acids is 1. The van der Waals surface area contributed by atoms with Crippen molar-refractivity contribution in [3.05, 3.63) is 107 Å². The number of carbonyl (C=O) groups is 1. The molecule has 0 N–H and O–H groups in total. The van der Waals surface area contributed by atoms with Gasteiger partial charge in [-0.3, -0.25) is 9.36 Å². The van der Waals surface area contributed by atoms with Crippen molar-refractivity contribution >= 4 is 62.8 Å². The van der Waals surface area contributed by atoms with Gasteiger partial charge in [-0.1, -0.05) is 53.4 Å². The summed E-state index contributed by atoms with van der Waals surface area (Å²) in [5.74, 6) is 0.0716. The van der Waals surface area contributed by atoms with Crippen molar-refractivity contribution in [1.82, 2.24) is 4.57 Å². The Hall–Kier alpha value is -2.79. The average Bonchev–Trinajstić information content (AvgIpc) is 3.41. The first-order valence-corrected chi connectivity index (χ1v) is 15.4. The van der Waals surface area contributed by atoms with Crippen molar-refractivity contribution < 1.29 is 13.9 Å². The smallest absolute Gasteiger partial charge is 0.338 e. The second-order valence-electron chi connectivity index (χ2n) is 8.27. The van der Waals surface area contributed by atoms with E-state index in [9.17, 15) is 9.59 Å². The molecule has 0 fully saturated rings. The lowest BCUT2D eigenvalue weighted by Gasteiger charge is -2.24. The summed E-state index contributed by atoms with van der Waals surface area (Å²) in [4.78, 5) is 34.1. The molecule has 0 spiro atoms. The molecule has 194 valence electrons. The molecule has 5 rings (SSSR count). The van der Waals surface area contributed by atoms with Gasteiger partial charge in [0.2, 0.25) is 0 Å². The molecular formula is C28H23BrN2O4S3. The van der Waals surface area contributed by atoms with E-state index in [1.807, 2.05) is 66.9 Å². The van der Waals surface area contributed by atoms with E-state index in [-0.39, 0.29) is 12.2 Å². The Bertz CT molecular complexity index is 1700. The minimum atomic E-state index is -0.643. The lowest BCUT2D eigenvalue weighted by Crippen LogP contribution is -2.39. The maximum Gasteiger partial charge on any atom is 0.338 e. The van der Waals surface area contributed by atoms with Crippen molar-refractivity contribution in [2.75, 3.05) is 12.9 Å². The number of halogens is 1. The third-order valence-corrected chi connectivity index (χ3v) is 9.42. The van der Waals surface area contributed by atoms with E-state index >= 15 is 0 Å². The molecule has 6 nitrogen and oxygen atoms in total. The van der Waals surface area contributed by atoms with Gasteiger partial charge in [0.25, 0.3) is 5.56 Å². The van der Waals surface area contributed by atoms with Crippen LogP contribution in [0.4, 0.5) is 0 Å². The lowest BCUT2D eigenvalue weighted by molar-refractivity contribution is -0.139. The Morgan fingerprint density at radius 2 is 1.92 bits per heavy atom. The van der Waals surface area contributed by atoms with Crippen LogP contribution in [0, 0.1) is 0 Å². The van der Waals surface area contributed by atoms with E-state index in [1.165, 1.54) is 23.1 Å². The van der Waals surface area contributed by atoms with Crippen LogP contribution in [-0.4, -0.2) is 23.4 Å². The average molecular weight is 628 g/mol. The van der Waals surface area contributed by atoms with E-state index in [0.717, 1.165) is 19.8 Å². The van der Waals surface area contributed by atoms with Crippen LogP contribution in [0.15, 0.2) is 105 Å². The van der Waals surface area contributed by atoms with Crippen molar-refractivity contribution in [1.29, 1.82) is 0 Å². The summed E-state index contributed by atoms with van der Waals surface area (Å²) in [5.41, 5.74) is 1.48. The van der Waals surface area contributed by atoms with Gasteiger partial charge in [-0.15, -0.1) is 11.8 Å². The van der Waals surface area contributed by atoms with Crippen LogP contribution in [0.25, 0.3) is 6.08 Å². The topological polar surface area (TPSA) is 73.8 Å². The van der Waals surface area contributed by atoms with Crippen LogP contribution in [0.1, 0.15) is 31.2 Å². The molecule has 10 heteroatoms. The normalized spacial score (nSPS) is 15.4. The number of hydrogen-bond donors (Lipinski definition) is 0. The third-order valence-electron chi connectivity index (χ3n) is 5.85. The molecule has 1 aliphatic heterocycles. The molecule has 2 aromatic heterocycles. The van der Waals surface area contributed by atoms with Crippen molar-refractivity contribution in [3.63, 3.8) is 0 Å². The highest BCUT2D eigenvalue weighted by Gasteiger charge is 2.33. The molecule has 0 saturated carbocycles. The number of benzene rings is 2. The zero-order valence-corrected chi connectivity index (χ0v) is 24.8. The first-order valence-electron chi connectivity index (χ1n) is 11.8. The Labute approximate surface area is 240 Å². The first kappa shape index (κ1) is 26.8. The summed E-state index contributed by atoms with van der Waals surface area (Å²) in [6.45, 7) is 3.77. The number of aromatic nitrogens is 1. The molecule has 0 amide bonds. The summed E-state index contributed by atoms with van der Waals surface area (Å²) in [7, 11) is 0. The quantitative estimate of drug-likeness (QED) is 0.184. The number of thiazole rings is 1. The van der Waals surface area contributed by atoms with Gasteiger partial charge in [0.15, 0.2) is 9.89 Å². The maximum absolute atomic E-state index is 13.8. The Kier molecular flexibility index (Phi) is 8.13. The molecule has 0 aliphatic carbocycles. The van der Waals surface area contributed by atoms with Crippen molar-refractivity contribution in [2.24, 2.45) is 4.99 Å². The predicted molar refractivity (Wildman–Crippen MR) is 156 cm³/mol. The number of furan rings is 1. The van der Waals surface area contributed by atoms with Crippen molar-refractivity contribution in [2.45, 2.75) is 34.8 Å². The largest absolute Gasteiger partial charge is 0.463 e. The fourth-order valence-electron chi connectivity index (χ4n) is 4.13. The maximum atomic E-state index is 13.8. The molecule has 0 bridgehead atoms. The van der Waals surface area contributed by atoms with Crippen LogP contribution < -0.4 is 14.9 Å². The number of fused-ring (bicyclic) bond motifs is 1. The number of hydrogen-bond acceptors (Lipinski definition) is 8. The highest BCUT2D eigenvalue weighted by molar-refractivity contribution is 9.10. The van der Waals surface area contributed by atoms with Gasteiger partial charge < -0.3 is 9.15 Å². The number of rotatable bonds is 7. The summed E-state index contributed by atoms with van der Waals surface area (Å²) in [5, 5.41) is 0.697. The van der Waals surface area contributed by atoms with Crippen LogP contribution in [0.3, 0.4) is 0 Å². The Morgan fingerprint density at radius 3 is 2.61 bits per heavy atom. The number of esters is 1. The second kappa shape index (κ2) is 11.5. The third kappa shape index (κ3) is 5.36. The molecule has 3 heterocycles. The van der Waals surface area contributed by atoms with E-state index in [0.29, 0.717) is 31.5 Å². The molecule has 1 atom stereocenters. The van der Waals surface area contributed by atoms with E-state index in [2.05, 4.69) is 20.9 Å². The number of thioether (sulfide) groups is 1. The van der Waals surface area contributed by atoms with Gasteiger partial charge in [-0.2, -0.15) is 0 Å². The highest BCUT2D eigenvalue weighted by atomic mass is 79.9. The van der Waals surface area contributed by atoms with Gasteiger partial charge in [0.05, 0.1) is 32.9 Å². The van der Waals surface area contributed by atoms with Crippen LogP contribution >= 0.6 is 50.8 Å². The Balaban J connectivity index is 1.61. The first-order chi connectivity index (χ1) is 18.4. The molecular weight excluding hydrogens is 604 g/mol. The fourth-order valence-corrected chi connectivity index (χ4v) is 6.91. The Morgan fingerprint density at radius 1 is 1.18 bits per heavy atom.